The predicted octanol–water partition coefficient (Wildman–Crippen LogP) is 2.67. The van der Waals surface area contributed by atoms with Gasteiger partial charge in [-0.15, -0.1) is 0 Å². The van der Waals surface area contributed by atoms with Gasteiger partial charge in [0, 0.05) is 6.54 Å². The van der Waals surface area contributed by atoms with Crippen molar-refractivity contribution in [2.75, 3.05) is 13.2 Å². The highest BCUT2D eigenvalue weighted by atomic mass is 16.5. The normalized spacial score (nSPS) is 31.4. The van der Waals surface area contributed by atoms with Gasteiger partial charge in [0.2, 0.25) is 5.91 Å². The van der Waals surface area contributed by atoms with E-state index >= 15 is 0 Å². The first kappa shape index (κ1) is 15.8. The van der Waals surface area contributed by atoms with Crippen LogP contribution in [0.15, 0.2) is 0 Å². The van der Waals surface area contributed by atoms with E-state index in [9.17, 15) is 4.79 Å². The highest BCUT2D eigenvalue weighted by Crippen LogP contribution is 2.26. The van der Waals surface area contributed by atoms with E-state index < -0.39 is 0 Å². The molecule has 1 aliphatic heterocycles. The summed E-state index contributed by atoms with van der Waals surface area (Å²) in [5, 5.41) is 3.52. The van der Waals surface area contributed by atoms with E-state index in [2.05, 4.69) is 19.2 Å². The van der Waals surface area contributed by atoms with Gasteiger partial charge in [-0.3, -0.25) is 10.1 Å². The molecule has 4 nitrogen and oxygen atoms in total. The van der Waals surface area contributed by atoms with Crippen LogP contribution < -0.4 is 5.32 Å². The van der Waals surface area contributed by atoms with Crippen LogP contribution in [0.25, 0.3) is 0 Å². The molecule has 1 N–H and O–H groups in total. The summed E-state index contributed by atoms with van der Waals surface area (Å²) in [6.45, 7) is 7.67. The van der Waals surface area contributed by atoms with Gasteiger partial charge in [0.1, 0.15) is 0 Å². The van der Waals surface area contributed by atoms with Crippen LogP contribution in [0.1, 0.15) is 65.7 Å². The third-order valence-electron chi connectivity index (χ3n) is 4.85. The molecule has 116 valence electrons. The third-order valence-corrected chi connectivity index (χ3v) is 4.85. The molecule has 1 saturated heterocycles. The standard InChI is InChI=1S/C16H30N2O2/c1-4-8-14-17-16(3,5-2)15(19)18(14)11-12-20-13-9-6-7-10-13/h13-14,17H,4-12H2,1-3H3. The van der Waals surface area contributed by atoms with Gasteiger partial charge in [0.15, 0.2) is 0 Å². The van der Waals surface area contributed by atoms with Crippen LogP contribution in [0.5, 0.6) is 0 Å². The number of hydrogen-bond donors (Lipinski definition) is 1. The molecule has 0 radical (unpaired) electrons. The second kappa shape index (κ2) is 6.90. The topological polar surface area (TPSA) is 41.6 Å². The molecular weight excluding hydrogens is 252 g/mol. The molecule has 2 fully saturated rings. The Morgan fingerprint density at radius 3 is 2.65 bits per heavy atom. The Hall–Kier alpha value is -0.610. The molecule has 1 saturated carbocycles. The molecular formula is C16H30N2O2. The van der Waals surface area contributed by atoms with Gasteiger partial charge in [0.05, 0.1) is 24.4 Å². The van der Waals surface area contributed by atoms with E-state index in [0.717, 1.165) is 25.8 Å². The molecule has 0 aromatic carbocycles. The van der Waals surface area contributed by atoms with Gasteiger partial charge in [-0.1, -0.05) is 33.1 Å². The quantitative estimate of drug-likeness (QED) is 0.780. The van der Waals surface area contributed by atoms with Gasteiger partial charge in [-0.05, 0) is 32.6 Å². The van der Waals surface area contributed by atoms with Crippen molar-refractivity contribution < 1.29 is 9.53 Å². The van der Waals surface area contributed by atoms with Crippen molar-refractivity contribution in [3.63, 3.8) is 0 Å². The highest BCUT2D eigenvalue weighted by Gasteiger charge is 2.45. The molecule has 2 unspecified atom stereocenters. The van der Waals surface area contributed by atoms with Crippen LogP contribution in [0.2, 0.25) is 0 Å². The van der Waals surface area contributed by atoms with Gasteiger partial charge in [-0.25, -0.2) is 0 Å². The maximum absolute atomic E-state index is 12.6. The lowest BCUT2D eigenvalue weighted by molar-refractivity contribution is -0.134. The summed E-state index contributed by atoms with van der Waals surface area (Å²) < 4.78 is 5.92. The van der Waals surface area contributed by atoms with E-state index in [-0.39, 0.29) is 17.6 Å². The molecule has 1 heterocycles. The monoisotopic (exact) mass is 282 g/mol. The minimum absolute atomic E-state index is 0.185. The van der Waals surface area contributed by atoms with Crippen molar-refractivity contribution in [1.29, 1.82) is 0 Å². The first-order valence-electron chi connectivity index (χ1n) is 8.31. The third kappa shape index (κ3) is 3.34. The van der Waals surface area contributed by atoms with E-state index in [4.69, 9.17) is 4.74 Å². The summed E-state index contributed by atoms with van der Waals surface area (Å²) in [5.74, 6) is 0.244. The molecule has 1 amide bonds. The van der Waals surface area contributed by atoms with Crippen molar-refractivity contribution >= 4 is 5.91 Å². The fraction of sp³-hybridized carbons (Fsp3) is 0.938. The molecule has 20 heavy (non-hydrogen) atoms. The van der Waals surface area contributed by atoms with Crippen molar-refractivity contribution in [3.8, 4) is 0 Å². The molecule has 0 spiro atoms. The van der Waals surface area contributed by atoms with E-state index in [1.807, 2.05) is 11.8 Å². The summed E-state index contributed by atoms with van der Waals surface area (Å²) in [7, 11) is 0. The summed E-state index contributed by atoms with van der Waals surface area (Å²) in [5.41, 5.74) is -0.382. The van der Waals surface area contributed by atoms with Crippen molar-refractivity contribution in [3.05, 3.63) is 0 Å². The largest absolute Gasteiger partial charge is 0.376 e. The molecule has 2 rings (SSSR count). The molecule has 0 bridgehead atoms. The van der Waals surface area contributed by atoms with Crippen LogP contribution in [0.4, 0.5) is 0 Å². The van der Waals surface area contributed by atoms with Gasteiger partial charge >= 0.3 is 0 Å². The molecule has 2 atom stereocenters. The molecule has 0 aromatic heterocycles. The number of amides is 1. The average molecular weight is 282 g/mol. The number of rotatable bonds is 7. The minimum Gasteiger partial charge on any atom is -0.376 e. The van der Waals surface area contributed by atoms with Crippen molar-refractivity contribution in [1.82, 2.24) is 10.2 Å². The lowest BCUT2D eigenvalue weighted by Crippen LogP contribution is -2.43. The highest BCUT2D eigenvalue weighted by molar-refractivity contribution is 5.88. The summed E-state index contributed by atoms with van der Waals surface area (Å²) in [6.07, 6.45) is 8.53. The number of carbonyl (C=O) groups is 1. The van der Waals surface area contributed by atoms with E-state index in [1.54, 1.807) is 0 Å². The first-order valence-corrected chi connectivity index (χ1v) is 8.31. The molecule has 0 aromatic rings. The first-order chi connectivity index (χ1) is 9.60. The Morgan fingerprint density at radius 2 is 2.05 bits per heavy atom. The van der Waals surface area contributed by atoms with Crippen LogP contribution in [0.3, 0.4) is 0 Å². The number of ether oxygens (including phenoxy) is 1. The van der Waals surface area contributed by atoms with Crippen molar-refractivity contribution in [2.24, 2.45) is 0 Å². The van der Waals surface area contributed by atoms with E-state index in [1.165, 1.54) is 25.7 Å². The Balaban J connectivity index is 1.87. The smallest absolute Gasteiger partial charge is 0.243 e. The zero-order valence-electron chi connectivity index (χ0n) is 13.3. The Kier molecular flexibility index (Phi) is 5.44. The van der Waals surface area contributed by atoms with Gasteiger partial charge in [0.25, 0.3) is 0 Å². The SMILES string of the molecule is CCCC1NC(C)(CC)C(=O)N1CCOC1CCCC1. The second-order valence-electron chi connectivity index (χ2n) is 6.41. The zero-order chi connectivity index (χ0) is 14.6. The fourth-order valence-corrected chi connectivity index (χ4v) is 3.35. The Bertz CT molecular complexity index is 328. The zero-order valence-corrected chi connectivity index (χ0v) is 13.3. The Morgan fingerprint density at radius 1 is 1.35 bits per heavy atom. The predicted molar refractivity (Wildman–Crippen MR) is 80.4 cm³/mol. The summed E-state index contributed by atoms with van der Waals surface area (Å²) >= 11 is 0. The van der Waals surface area contributed by atoms with Gasteiger partial charge in [-0.2, -0.15) is 0 Å². The summed E-state index contributed by atoms with van der Waals surface area (Å²) in [6, 6.07) is 0. The number of nitrogens with zero attached hydrogens (tertiary/aromatic N) is 1. The molecule has 4 heteroatoms. The lowest BCUT2D eigenvalue weighted by Gasteiger charge is -2.24. The lowest BCUT2D eigenvalue weighted by atomic mass is 9.99. The second-order valence-corrected chi connectivity index (χ2v) is 6.41. The maximum Gasteiger partial charge on any atom is 0.243 e. The van der Waals surface area contributed by atoms with Gasteiger partial charge < -0.3 is 9.64 Å². The van der Waals surface area contributed by atoms with Crippen LogP contribution >= 0.6 is 0 Å². The average Bonchev–Trinajstić information content (AvgIpc) is 3.02. The minimum atomic E-state index is -0.382. The summed E-state index contributed by atoms with van der Waals surface area (Å²) in [4.78, 5) is 14.6. The number of nitrogens with one attached hydrogen (secondary N) is 1. The van der Waals surface area contributed by atoms with Crippen molar-refractivity contribution in [2.45, 2.75) is 83.5 Å². The van der Waals surface area contributed by atoms with Crippen LogP contribution in [0, 0.1) is 0 Å². The number of carbonyl (C=O) groups excluding carboxylic acids is 1. The molecule has 2 aliphatic rings. The van der Waals surface area contributed by atoms with Crippen LogP contribution in [-0.2, 0) is 9.53 Å². The van der Waals surface area contributed by atoms with E-state index in [0.29, 0.717) is 12.7 Å². The fourth-order valence-electron chi connectivity index (χ4n) is 3.35. The Labute approximate surface area is 123 Å². The maximum atomic E-state index is 12.6. The molecule has 1 aliphatic carbocycles. The number of hydrogen-bond acceptors (Lipinski definition) is 3. The van der Waals surface area contributed by atoms with Crippen LogP contribution in [-0.4, -0.2) is 41.8 Å².